The number of carboxylic acids is 2. The summed E-state index contributed by atoms with van der Waals surface area (Å²) in [6.45, 7) is 0. The molecule has 0 aromatic rings. The molecule has 4 N–H and O–H groups in total. The molecule has 0 saturated carbocycles. The minimum atomic E-state index is -1.23. The van der Waals surface area contributed by atoms with Crippen LogP contribution in [0.4, 0.5) is 4.79 Å². The maximum atomic E-state index is 11.5. The Labute approximate surface area is 108 Å². The molecule has 8 heteroatoms. The van der Waals surface area contributed by atoms with Gasteiger partial charge in [0.25, 0.3) is 0 Å². The number of carbonyl (C=O) groups excluding carboxylic acids is 1. The van der Waals surface area contributed by atoms with Crippen LogP contribution >= 0.6 is 11.8 Å². The van der Waals surface area contributed by atoms with Crippen molar-refractivity contribution in [2.24, 2.45) is 0 Å². The van der Waals surface area contributed by atoms with Crippen LogP contribution in [0.25, 0.3) is 0 Å². The molecule has 0 aliphatic carbocycles. The summed E-state index contributed by atoms with van der Waals surface area (Å²) >= 11 is 1.73. The molecule has 0 bridgehead atoms. The van der Waals surface area contributed by atoms with Crippen LogP contribution in [0.3, 0.4) is 0 Å². The zero-order chi connectivity index (χ0) is 13.5. The maximum absolute atomic E-state index is 11.5. The number of aliphatic carboxylic acids is 2. The molecule has 0 aromatic heterocycles. The molecule has 1 rings (SSSR count). The highest BCUT2D eigenvalue weighted by molar-refractivity contribution is 7.99. The number of rotatable bonds is 6. The average molecular weight is 276 g/mol. The number of urea groups is 1. The van der Waals surface area contributed by atoms with E-state index in [2.05, 4.69) is 10.6 Å². The van der Waals surface area contributed by atoms with E-state index in [1.807, 2.05) is 0 Å². The van der Waals surface area contributed by atoms with Gasteiger partial charge in [-0.2, -0.15) is 11.8 Å². The molecule has 1 saturated heterocycles. The highest BCUT2D eigenvalue weighted by atomic mass is 32.2. The second kappa shape index (κ2) is 7.10. The fourth-order valence-corrected chi connectivity index (χ4v) is 2.71. The first kappa shape index (κ1) is 14.6. The third kappa shape index (κ3) is 5.26. The van der Waals surface area contributed by atoms with Gasteiger partial charge in [0.15, 0.2) is 0 Å². The second-order valence-electron chi connectivity index (χ2n) is 4.00. The van der Waals surface area contributed by atoms with E-state index in [4.69, 9.17) is 10.2 Å². The van der Waals surface area contributed by atoms with Gasteiger partial charge in [0.2, 0.25) is 0 Å². The predicted octanol–water partition coefficient (Wildman–Crippen LogP) is 0.109. The summed E-state index contributed by atoms with van der Waals surface area (Å²) in [5.41, 5.74) is 0. The van der Waals surface area contributed by atoms with Crippen LogP contribution in [0.1, 0.15) is 19.3 Å². The van der Waals surface area contributed by atoms with Crippen LogP contribution in [0, 0.1) is 0 Å². The fourth-order valence-electron chi connectivity index (χ4n) is 1.56. The summed E-state index contributed by atoms with van der Waals surface area (Å²) in [5.74, 6) is -0.519. The van der Waals surface area contributed by atoms with E-state index in [9.17, 15) is 14.4 Å². The van der Waals surface area contributed by atoms with Gasteiger partial charge in [-0.15, -0.1) is 0 Å². The van der Waals surface area contributed by atoms with Crippen LogP contribution in [0.5, 0.6) is 0 Å². The zero-order valence-corrected chi connectivity index (χ0v) is 10.5. The van der Waals surface area contributed by atoms with E-state index in [1.54, 1.807) is 11.8 Å². The standard InChI is InChI=1S/C10H16N2O5S/c13-8(14)2-1-7(9(15)16)12-10(17)11-6-3-4-18-5-6/h6-7H,1-5H2,(H,13,14)(H,15,16)(H2,11,12,17)/t6?,7-/m0/s1. The lowest BCUT2D eigenvalue weighted by Crippen LogP contribution is -2.49. The highest BCUT2D eigenvalue weighted by Gasteiger charge is 2.23. The van der Waals surface area contributed by atoms with E-state index in [1.165, 1.54) is 0 Å². The van der Waals surface area contributed by atoms with Crippen molar-refractivity contribution in [1.29, 1.82) is 0 Å². The van der Waals surface area contributed by atoms with E-state index >= 15 is 0 Å². The molecule has 0 spiro atoms. The molecule has 1 aliphatic rings. The summed E-state index contributed by atoms with van der Waals surface area (Å²) in [7, 11) is 0. The Morgan fingerprint density at radius 2 is 2.06 bits per heavy atom. The van der Waals surface area contributed by atoms with Crippen LogP contribution in [0.15, 0.2) is 0 Å². The van der Waals surface area contributed by atoms with Gasteiger partial charge < -0.3 is 20.8 Å². The minimum Gasteiger partial charge on any atom is -0.481 e. The van der Waals surface area contributed by atoms with Crippen LogP contribution in [-0.2, 0) is 9.59 Å². The van der Waals surface area contributed by atoms with E-state index in [0.717, 1.165) is 17.9 Å². The molecule has 2 amide bonds. The third-order valence-electron chi connectivity index (χ3n) is 2.52. The lowest BCUT2D eigenvalue weighted by atomic mass is 10.1. The quantitative estimate of drug-likeness (QED) is 0.547. The van der Waals surface area contributed by atoms with E-state index in [-0.39, 0.29) is 18.9 Å². The number of hydrogen-bond acceptors (Lipinski definition) is 4. The van der Waals surface area contributed by atoms with Gasteiger partial charge in [-0.05, 0) is 18.6 Å². The van der Waals surface area contributed by atoms with Crippen molar-refractivity contribution in [3.8, 4) is 0 Å². The second-order valence-corrected chi connectivity index (χ2v) is 5.15. The van der Waals surface area contributed by atoms with Gasteiger partial charge in [-0.3, -0.25) is 4.79 Å². The Balaban J connectivity index is 2.36. The monoisotopic (exact) mass is 276 g/mol. The molecular formula is C10H16N2O5S. The van der Waals surface area contributed by atoms with Crippen LogP contribution < -0.4 is 10.6 Å². The number of hydrogen-bond donors (Lipinski definition) is 4. The first-order chi connectivity index (χ1) is 8.49. The van der Waals surface area contributed by atoms with Crippen LogP contribution in [0.2, 0.25) is 0 Å². The van der Waals surface area contributed by atoms with Crippen molar-refractivity contribution in [2.45, 2.75) is 31.3 Å². The smallest absolute Gasteiger partial charge is 0.326 e. The summed E-state index contributed by atoms with van der Waals surface area (Å²) in [5, 5.41) is 22.3. The first-order valence-corrected chi connectivity index (χ1v) is 6.74. The van der Waals surface area contributed by atoms with Crippen LogP contribution in [-0.4, -0.2) is 51.8 Å². The lowest BCUT2D eigenvalue weighted by Gasteiger charge is -2.16. The maximum Gasteiger partial charge on any atom is 0.326 e. The SMILES string of the molecule is O=C(O)CC[C@H](NC(=O)NC1CCSC1)C(=O)O. The van der Waals surface area contributed by atoms with Crippen molar-refractivity contribution in [2.75, 3.05) is 11.5 Å². The predicted molar refractivity (Wildman–Crippen MR) is 65.7 cm³/mol. The average Bonchev–Trinajstić information content (AvgIpc) is 2.76. The molecule has 0 aromatic carbocycles. The van der Waals surface area contributed by atoms with Gasteiger partial charge in [0, 0.05) is 18.2 Å². The Hall–Kier alpha value is -1.44. The highest BCUT2D eigenvalue weighted by Crippen LogP contribution is 2.16. The fraction of sp³-hybridized carbons (Fsp3) is 0.700. The first-order valence-electron chi connectivity index (χ1n) is 5.58. The molecule has 2 atom stereocenters. The van der Waals surface area contributed by atoms with Gasteiger partial charge in [0.05, 0.1) is 0 Å². The normalized spacial score (nSPS) is 20.1. The molecule has 1 heterocycles. The molecule has 7 nitrogen and oxygen atoms in total. The molecular weight excluding hydrogens is 260 g/mol. The lowest BCUT2D eigenvalue weighted by molar-refractivity contribution is -0.140. The van der Waals surface area contributed by atoms with Gasteiger partial charge in [-0.25, -0.2) is 9.59 Å². The molecule has 102 valence electrons. The number of carbonyl (C=O) groups is 3. The topological polar surface area (TPSA) is 116 Å². The molecule has 1 aliphatic heterocycles. The zero-order valence-electron chi connectivity index (χ0n) is 9.72. The molecule has 18 heavy (non-hydrogen) atoms. The summed E-state index contributed by atoms with van der Waals surface area (Å²) in [6, 6.07) is -1.67. The van der Waals surface area contributed by atoms with Gasteiger partial charge >= 0.3 is 18.0 Å². The Bertz CT molecular complexity index is 330. The van der Waals surface area contributed by atoms with E-state index in [0.29, 0.717) is 0 Å². The number of thioether (sulfide) groups is 1. The number of carboxylic acid groups (broad SMARTS) is 2. The van der Waals surface area contributed by atoms with Crippen molar-refractivity contribution >= 4 is 29.7 Å². The summed E-state index contributed by atoms with van der Waals surface area (Å²) in [6.07, 6.45) is 0.443. The summed E-state index contributed by atoms with van der Waals surface area (Å²) in [4.78, 5) is 32.7. The van der Waals surface area contributed by atoms with Crippen molar-refractivity contribution in [1.82, 2.24) is 10.6 Å². The largest absolute Gasteiger partial charge is 0.481 e. The number of amides is 2. The Kier molecular flexibility index (Phi) is 5.76. The van der Waals surface area contributed by atoms with Gasteiger partial charge in [0.1, 0.15) is 6.04 Å². The van der Waals surface area contributed by atoms with Crippen molar-refractivity contribution in [3.05, 3.63) is 0 Å². The molecule has 1 fully saturated rings. The number of nitrogens with one attached hydrogen (secondary N) is 2. The van der Waals surface area contributed by atoms with Crippen molar-refractivity contribution in [3.63, 3.8) is 0 Å². The van der Waals surface area contributed by atoms with Gasteiger partial charge in [-0.1, -0.05) is 0 Å². The third-order valence-corrected chi connectivity index (χ3v) is 3.68. The Morgan fingerprint density at radius 1 is 1.33 bits per heavy atom. The molecule has 0 radical (unpaired) electrons. The van der Waals surface area contributed by atoms with Crippen molar-refractivity contribution < 1.29 is 24.6 Å². The summed E-state index contributed by atoms with van der Waals surface area (Å²) < 4.78 is 0. The van der Waals surface area contributed by atoms with E-state index < -0.39 is 24.0 Å². The Morgan fingerprint density at radius 3 is 2.56 bits per heavy atom. The minimum absolute atomic E-state index is 0.0592. The molecule has 1 unspecified atom stereocenters.